The van der Waals surface area contributed by atoms with Gasteiger partial charge in [-0.15, -0.1) is 0 Å². The van der Waals surface area contributed by atoms with Gasteiger partial charge in [-0.1, -0.05) is 11.6 Å². The standard InChI is InChI=1S/C12H7ClF3O3/c1-2-19-5-6(4-17)12(18)7-3-8(13)10(15)11(16)9(7)14/h3,5H,2H2,1H3. The van der Waals surface area contributed by atoms with Crippen LogP contribution in [0.15, 0.2) is 17.9 Å². The number of hydrogen-bond acceptors (Lipinski definition) is 3. The number of Topliss-reactive ketones (excluding diaryl/α,β-unsaturated/α-hetero) is 1. The lowest BCUT2D eigenvalue weighted by Gasteiger charge is -2.05. The summed E-state index contributed by atoms with van der Waals surface area (Å²) in [6.07, 6.45) is 1.98. The summed E-state index contributed by atoms with van der Waals surface area (Å²) in [4.78, 5) is 22.3. The fraction of sp³-hybridized carbons (Fsp3) is 0.167. The average molecular weight is 292 g/mol. The van der Waals surface area contributed by atoms with Gasteiger partial charge in [0.1, 0.15) is 5.57 Å². The lowest BCUT2D eigenvalue weighted by Crippen LogP contribution is -2.10. The third-order valence-electron chi connectivity index (χ3n) is 2.07. The molecular weight excluding hydrogens is 285 g/mol. The van der Waals surface area contributed by atoms with Crippen molar-refractivity contribution in [1.82, 2.24) is 0 Å². The molecule has 0 amide bonds. The first-order chi connectivity index (χ1) is 8.93. The van der Waals surface area contributed by atoms with E-state index in [1.54, 1.807) is 6.92 Å². The van der Waals surface area contributed by atoms with Gasteiger partial charge in [-0.2, -0.15) is 0 Å². The second kappa shape index (κ2) is 6.38. The maximum absolute atomic E-state index is 13.4. The molecule has 3 nitrogen and oxygen atoms in total. The summed E-state index contributed by atoms with van der Waals surface area (Å²) in [5.41, 5.74) is -1.54. The van der Waals surface area contributed by atoms with Crippen molar-refractivity contribution in [2.45, 2.75) is 6.92 Å². The van der Waals surface area contributed by atoms with Gasteiger partial charge in [0.2, 0.25) is 12.1 Å². The van der Waals surface area contributed by atoms with E-state index >= 15 is 0 Å². The fourth-order valence-electron chi connectivity index (χ4n) is 1.17. The third-order valence-corrected chi connectivity index (χ3v) is 2.34. The zero-order valence-corrected chi connectivity index (χ0v) is 10.4. The quantitative estimate of drug-likeness (QED) is 0.159. The lowest BCUT2D eigenvalue weighted by atomic mass is 10.0. The summed E-state index contributed by atoms with van der Waals surface area (Å²) in [6.45, 7) is 1.73. The summed E-state index contributed by atoms with van der Waals surface area (Å²) >= 11 is 5.30. The summed E-state index contributed by atoms with van der Waals surface area (Å²) < 4.78 is 44.1. The van der Waals surface area contributed by atoms with Crippen LogP contribution in [-0.4, -0.2) is 18.7 Å². The molecule has 1 radical (unpaired) electrons. The van der Waals surface area contributed by atoms with Gasteiger partial charge >= 0.3 is 0 Å². The van der Waals surface area contributed by atoms with Crippen LogP contribution in [-0.2, 0) is 9.53 Å². The van der Waals surface area contributed by atoms with Gasteiger partial charge in [0.15, 0.2) is 17.5 Å². The highest BCUT2D eigenvalue weighted by Gasteiger charge is 2.24. The van der Waals surface area contributed by atoms with Crippen LogP contribution in [0.5, 0.6) is 0 Å². The molecule has 0 saturated heterocycles. The van der Waals surface area contributed by atoms with Crippen LogP contribution >= 0.6 is 11.6 Å². The van der Waals surface area contributed by atoms with Crippen LogP contribution in [0.25, 0.3) is 0 Å². The number of halogens is 4. The van der Waals surface area contributed by atoms with Crippen molar-refractivity contribution in [3.8, 4) is 0 Å². The Kier molecular flexibility index (Phi) is 5.11. The van der Waals surface area contributed by atoms with E-state index in [0.717, 1.165) is 6.26 Å². The molecule has 0 aliphatic carbocycles. The Bertz CT molecular complexity index is 556. The first kappa shape index (κ1) is 15.2. The molecule has 1 aromatic rings. The molecule has 1 rings (SSSR count). The Balaban J connectivity index is 3.30. The molecule has 0 fully saturated rings. The monoisotopic (exact) mass is 291 g/mol. The minimum absolute atomic E-state index is 0.152. The maximum atomic E-state index is 13.4. The zero-order valence-electron chi connectivity index (χ0n) is 9.60. The molecule has 1 aromatic carbocycles. The predicted molar refractivity (Wildman–Crippen MR) is 61.1 cm³/mol. The highest BCUT2D eigenvalue weighted by molar-refractivity contribution is 6.31. The first-order valence-electron chi connectivity index (χ1n) is 5.01. The van der Waals surface area contributed by atoms with E-state index < -0.39 is 39.4 Å². The summed E-state index contributed by atoms with van der Waals surface area (Å²) in [7, 11) is 0. The van der Waals surface area contributed by atoms with E-state index in [-0.39, 0.29) is 6.61 Å². The zero-order chi connectivity index (χ0) is 14.6. The van der Waals surface area contributed by atoms with Crippen LogP contribution in [0.4, 0.5) is 13.2 Å². The van der Waals surface area contributed by atoms with Gasteiger partial charge in [0.25, 0.3) is 0 Å². The molecule has 0 heterocycles. The van der Waals surface area contributed by atoms with Crippen molar-refractivity contribution in [1.29, 1.82) is 0 Å². The molecule has 0 N–H and O–H groups in total. The number of carbonyl (C=O) groups excluding carboxylic acids is 2. The Hall–Kier alpha value is -1.82. The van der Waals surface area contributed by atoms with Crippen LogP contribution < -0.4 is 0 Å². The Morgan fingerprint density at radius 1 is 1.37 bits per heavy atom. The highest BCUT2D eigenvalue weighted by Crippen LogP contribution is 2.25. The molecule has 0 atom stereocenters. The number of carbonyl (C=O) groups is 1. The predicted octanol–water partition coefficient (Wildman–Crippen LogP) is 2.97. The maximum Gasteiger partial charge on any atom is 0.240 e. The Labute approximate surface area is 111 Å². The second-order valence-electron chi connectivity index (χ2n) is 3.27. The molecule has 0 aliphatic heterocycles. The molecule has 101 valence electrons. The van der Waals surface area contributed by atoms with Gasteiger partial charge < -0.3 is 4.74 Å². The minimum Gasteiger partial charge on any atom is -0.501 e. The number of benzene rings is 1. The van der Waals surface area contributed by atoms with Gasteiger partial charge in [-0.05, 0) is 13.0 Å². The van der Waals surface area contributed by atoms with Crippen molar-refractivity contribution < 1.29 is 27.5 Å². The highest BCUT2D eigenvalue weighted by atomic mass is 35.5. The van der Waals surface area contributed by atoms with Crippen LogP contribution in [0, 0.1) is 17.5 Å². The van der Waals surface area contributed by atoms with Crippen molar-refractivity contribution >= 4 is 23.7 Å². The van der Waals surface area contributed by atoms with Gasteiger partial charge in [0, 0.05) is 0 Å². The van der Waals surface area contributed by atoms with Crippen LogP contribution in [0.1, 0.15) is 17.3 Å². The molecule has 0 unspecified atom stereocenters. The Morgan fingerprint density at radius 3 is 2.53 bits per heavy atom. The molecule has 19 heavy (non-hydrogen) atoms. The van der Waals surface area contributed by atoms with Crippen molar-refractivity contribution in [3.63, 3.8) is 0 Å². The summed E-state index contributed by atoms with van der Waals surface area (Å²) in [5, 5.41) is -0.774. The van der Waals surface area contributed by atoms with Crippen LogP contribution in [0.2, 0.25) is 5.02 Å². The van der Waals surface area contributed by atoms with E-state index in [1.807, 2.05) is 0 Å². The number of ether oxygens (including phenoxy) is 1. The minimum atomic E-state index is -1.89. The molecule has 0 aliphatic rings. The summed E-state index contributed by atoms with van der Waals surface area (Å²) in [6, 6.07) is 0.592. The molecular formula is C12H7ClF3O3. The largest absolute Gasteiger partial charge is 0.501 e. The average Bonchev–Trinajstić information content (AvgIpc) is 2.41. The Morgan fingerprint density at radius 2 is 2.00 bits per heavy atom. The second-order valence-corrected chi connectivity index (χ2v) is 3.67. The van der Waals surface area contributed by atoms with E-state index in [1.165, 1.54) is 6.29 Å². The fourth-order valence-corrected chi connectivity index (χ4v) is 1.37. The van der Waals surface area contributed by atoms with Gasteiger partial charge in [-0.3, -0.25) is 9.59 Å². The molecule has 0 aromatic heterocycles. The SMILES string of the molecule is CCOC=C([C]=O)C(=O)c1cc(Cl)c(F)c(F)c1F. The van der Waals surface area contributed by atoms with E-state index in [0.29, 0.717) is 6.07 Å². The van der Waals surface area contributed by atoms with E-state index in [4.69, 9.17) is 11.6 Å². The number of allylic oxidation sites excluding steroid dienone is 1. The smallest absolute Gasteiger partial charge is 0.240 e. The van der Waals surface area contributed by atoms with Crippen molar-refractivity contribution in [2.24, 2.45) is 0 Å². The number of rotatable bonds is 5. The summed E-state index contributed by atoms with van der Waals surface area (Å²) in [5.74, 6) is -6.44. The molecule has 0 bridgehead atoms. The number of hydrogen-bond donors (Lipinski definition) is 0. The van der Waals surface area contributed by atoms with Gasteiger partial charge in [0.05, 0.1) is 23.5 Å². The molecule has 0 spiro atoms. The normalized spacial score (nSPS) is 11.3. The van der Waals surface area contributed by atoms with Gasteiger partial charge in [-0.25, -0.2) is 13.2 Å². The van der Waals surface area contributed by atoms with Crippen molar-refractivity contribution in [2.75, 3.05) is 6.61 Å². The third kappa shape index (κ3) is 3.14. The molecule has 7 heteroatoms. The number of ketones is 1. The molecule has 0 saturated carbocycles. The van der Waals surface area contributed by atoms with E-state index in [2.05, 4.69) is 4.74 Å². The first-order valence-corrected chi connectivity index (χ1v) is 5.39. The topological polar surface area (TPSA) is 43.4 Å². The lowest BCUT2D eigenvalue weighted by molar-refractivity contribution is 0.103. The van der Waals surface area contributed by atoms with Crippen molar-refractivity contribution in [3.05, 3.63) is 45.9 Å². The van der Waals surface area contributed by atoms with Crippen LogP contribution in [0.3, 0.4) is 0 Å². The van der Waals surface area contributed by atoms with E-state index in [9.17, 15) is 22.8 Å².